The fraction of sp³-hybridized carbons (Fsp3) is 0.333. The second kappa shape index (κ2) is 12.3. The normalized spacial score (nSPS) is 11.1. The summed E-state index contributed by atoms with van der Waals surface area (Å²) in [7, 11) is 1.56. The Hall–Kier alpha value is -4.28. The van der Waals surface area contributed by atoms with E-state index in [2.05, 4.69) is 10.6 Å². The minimum Gasteiger partial charge on any atom is -0.497 e. The van der Waals surface area contributed by atoms with Crippen LogP contribution in [0, 0.1) is 10.1 Å². The molecule has 0 unspecified atom stereocenters. The number of hydrogen-bond donors (Lipinski definition) is 3. The number of amides is 2. The maximum absolute atomic E-state index is 11.7. The van der Waals surface area contributed by atoms with Crippen LogP contribution in [0.5, 0.6) is 11.5 Å². The van der Waals surface area contributed by atoms with E-state index in [1.165, 1.54) is 6.07 Å². The SMILES string of the molecule is COc1ccc(COc2cc(C(N)=O)cc([N+](=O)[O-])c2NC/C=C/CNC(=O)OC(C)(C)C)cc1. The zero-order valence-electron chi connectivity index (χ0n) is 20.1. The van der Waals surface area contributed by atoms with E-state index in [-0.39, 0.29) is 42.4 Å². The number of primary amides is 1. The van der Waals surface area contributed by atoms with Crippen molar-refractivity contribution in [3.05, 3.63) is 69.8 Å². The fourth-order valence-corrected chi connectivity index (χ4v) is 2.85. The second-order valence-electron chi connectivity index (χ2n) is 8.36. The molecule has 0 saturated carbocycles. The van der Waals surface area contributed by atoms with E-state index in [9.17, 15) is 19.7 Å². The Balaban J connectivity index is 2.14. The van der Waals surface area contributed by atoms with E-state index in [0.29, 0.717) is 5.75 Å². The van der Waals surface area contributed by atoms with Crippen molar-refractivity contribution in [1.82, 2.24) is 5.32 Å². The van der Waals surface area contributed by atoms with Crippen LogP contribution in [0.25, 0.3) is 0 Å². The smallest absolute Gasteiger partial charge is 0.407 e. The standard InChI is InChI=1S/C24H30N4O7/c1-24(2,3)35-23(30)27-12-6-5-11-26-21-19(28(31)32)13-17(22(25)29)14-20(21)34-15-16-7-9-18(33-4)10-8-16/h5-10,13-14,26H,11-12,15H2,1-4H3,(H2,25,29)(H,27,30)/b6-5+. The molecular formula is C24H30N4O7. The minimum atomic E-state index is -0.818. The Labute approximate surface area is 203 Å². The number of nitrogens with zero attached hydrogens (tertiary/aromatic N) is 1. The monoisotopic (exact) mass is 486 g/mol. The van der Waals surface area contributed by atoms with Gasteiger partial charge in [-0.2, -0.15) is 0 Å². The Morgan fingerprint density at radius 1 is 1.11 bits per heavy atom. The first-order valence-corrected chi connectivity index (χ1v) is 10.7. The molecule has 0 saturated heterocycles. The molecule has 4 N–H and O–H groups in total. The third-order valence-electron chi connectivity index (χ3n) is 4.44. The molecular weight excluding hydrogens is 456 g/mol. The van der Waals surface area contributed by atoms with Crippen LogP contribution in [-0.4, -0.2) is 42.7 Å². The number of alkyl carbamates (subject to hydrolysis) is 1. The number of nitro benzene ring substituents is 1. The first-order chi connectivity index (χ1) is 16.5. The quantitative estimate of drug-likeness (QED) is 0.246. The lowest BCUT2D eigenvalue weighted by molar-refractivity contribution is -0.384. The van der Waals surface area contributed by atoms with Crippen molar-refractivity contribution >= 4 is 23.4 Å². The van der Waals surface area contributed by atoms with Crippen LogP contribution >= 0.6 is 0 Å². The predicted octanol–water partition coefficient (Wildman–Crippen LogP) is 3.77. The topological polar surface area (TPSA) is 155 Å². The fourth-order valence-electron chi connectivity index (χ4n) is 2.85. The largest absolute Gasteiger partial charge is 0.497 e. The molecule has 0 bridgehead atoms. The molecule has 0 aliphatic carbocycles. The first-order valence-electron chi connectivity index (χ1n) is 10.7. The lowest BCUT2D eigenvalue weighted by Gasteiger charge is -2.19. The number of carbonyl (C=O) groups is 2. The summed E-state index contributed by atoms with van der Waals surface area (Å²) in [6.07, 6.45) is 2.79. The molecule has 0 spiro atoms. The molecule has 11 heteroatoms. The molecule has 11 nitrogen and oxygen atoms in total. The van der Waals surface area contributed by atoms with Crippen LogP contribution < -0.4 is 25.8 Å². The Morgan fingerprint density at radius 2 is 1.77 bits per heavy atom. The average Bonchev–Trinajstić information content (AvgIpc) is 2.78. The van der Waals surface area contributed by atoms with Crippen molar-refractivity contribution in [2.24, 2.45) is 5.73 Å². The summed E-state index contributed by atoms with van der Waals surface area (Å²) in [6.45, 7) is 5.77. The highest BCUT2D eigenvalue weighted by molar-refractivity contribution is 5.95. The van der Waals surface area contributed by atoms with Gasteiger partial charge in [0.15, 0.2) is 11.4 Å². The third kappa shape index (κ3) is 8.88. The molecule has 0 aliphatic heterocycles. The van der Waals surface area contributed by atoms with E-state index < -0.39 is 22.5 Å². The number of ether oxygens (including phenoxy) is 3. The van der Waals surface area contributed by atoms with Gasteiger partial charge in [-0.3, -0.25) is 14.9 Å². The van der Waals surface area contributed by atoms with E-state index in [1.807, 2.05) is 0 Å². The predicted molar refractivity (Wildman–Crippen MR) is 131 cm³/mol. The highest BCUT2D eigenvalue weighted by atomic mass is 16.6. The molecule has 188 valence electrons. The van der Waals surface area contributed by atoms with Crippen molar-refractivity contribution < 1.29 is 28.7 Å². The summed E-state index contributed by atoms with van der Waals surface area (Å²) < 4.78 is 16.1. The van der Waals surface area contributed by atoms with Gasteiger partial charge in [-0.15, -0.1) is 0 Å². The zero-order chi connectivity index (χ0) is 26.0. The molecule has 0 aromatic heterocycles. The number of benzene rings is 2. The van der Waals surface area contributed by atoms with Gasteiger partial charge in [0, 0.05) is 24.7 Å². The lowest BCUT2D eigenvalue weighted by Crippen LogP contribution is -2.32. The van der Waals surface area contributed by atoms with Crippen molar-refractivity contribution in [2.45, 2.75) is 33.0 Å². The van der Waals surface area contributed by atoms with Gasteiger partial charge in [0.1, 0.15) is 18.0 Å². The second-order valence-corrected chi connectivity index (χ2v) is 8.36. The van der Waals surface area contributed by atoms with Gasteiger partial charge in [-0.05, 0) is 44.5 Å². The van der Waals surface area contributed by atoms with Gasteiger partial charge in [0.2, 0.25) is 5.91 Å². The highest BCUT2D eigenvalue weighted by Gasteiger charge is 2.22. The van der Waals surface area contributed by atoms with Gasteiger partial charge in [-0.1, -0.05) is 24.3 Å². The molecule has 0 fully saturated rings. The number of carbonyl (C=O) groups excluding carboxylic acids is 2. The van der Waals surface area contributed by atoms with Gasteiger partial charge in [-0.25, -0.2) is 4.79 Å². The molecule has 0 aliphatic rings. The number of nitro groups is 1. The molecule has 0 radical (unpaired) electrons. The van der Waals surface area contributed by atoms with Crippen LogP contribution in [0.3, 0.4) is 0 Å². The Bertz CT molecular complexity index is 1080. The average molecular weight is 487 g/mol. The number of nitrogens with one attached hydrogen (secondary N) is 2. The molecule has 2 aromatic carbocycles. The van der Waals surface area contributed by atoms with Crippen molar-refractivity contribution in [3.8, 4) is 11.5 Å². The summed E-state index contributed by atoms with van der Waals surface area (Å²) in [4.78, 5) is 34.4. The van der Waals surface area contributed by atoms with Crippen LogP contribution in [0.15, 0.2) is 48.6 Å². The van der Waals surface area contributed by atoms with Crippen molar-refractivity contribution in [1.29, 1.82) is 0 Å². The summed E-state index contributed by atoms with van der Waals surface area (Å²) in [5.74, 6) is -0.0402. The summed E-state index contributed by atoms with van der Waals surface area (Å²) in [5, 5.41) is 17.2. The van der Waals surface area contributed by atoms with Gasteiger partial charge < -0.3 is 30.6 Å². The molecule has 2 amide bonds. The minimum absolute atomic E-state index is 0.0518. The van der Waals surface area contributed by atoms with Crippen molar-refractivity contribution in [2.75, 3.05) is 25.5 Å². The van der Waals surface area contributed by atoms with Gasteiger partial charge in [0.25, 0.3) is 5.69 Å². The maximum Gasteiger partial charge on any atom is 0.407 e. The van der Waals surface area contributed by atoms with E-state index >= 15 is 0 Å². The summed E-state index contributed by atoms with van der Waals surface area (Å²) in [5.41, 5.74) is 5.23. The number of rotatable bonds is 11. The molecule has 2 aromatic rings. The van der Waals surface area contributed by atoms with Gasteiger partial charge in [0.05, 0.1) is 12.0 Å². The van der Waals surface area contributed by atoms with E-state index in [1.54, 1.807) is 64.3 Å². The van der Waals surface area contributed by atoms with E-state index in [4.69, 9.17) is 19.9 Å². The van der Waals surface area contributed by atoms with E-state index in [0.717, 1.165) is 11.6 Å². The van der Waals surface area contributed by atoms with Gasteiger partial charge >= 0.3 is 6.09 Å². The summed E-state index contributed by atoms with van der Waals surface area (Å²) >= 11 is 0. The lowest BCUT2D eigenvalue weighted by atomic mass is 10.1. The molecule has 0 heterocycles. The Morgan fingerprint density at radius 3 is 2.34 bits per heavy atom. The summed E-state index contributed by atoms with van der Waals surface area (Å²) in [6, 6.07) is 9.55. The van der Waals surface area contributed by atoms with Crippen LogP contribution in [0.1, 0.15) is 36.7 Å². The highest BCUT2D eigenvalue weighted by Crippen LogP contribution is 2.36. The molecule has 0 atom stereocenters. The number of anilines is 1. The third-order valence-corrected chi connectivity index (χ3v) is 4.44. The van der Waals surface area contributed by atoms with Crippen LogP contribution in [0.4, 0.5) is 16.2 Å². The first kappa shape index (κ1) is 27.0. The van der Waals surface area contributed by atoms with Crippen molar-refractivity contribution in [3.63, 3.8) is 0 Å². The number of nitrogens with two attached hydrogens (primary N) is 1. The zero-order valence-corrected chi connectivity index (χ0v) is 20.1. The Kier molecular flexibility index (Phi) is 9.44. The molecule has 35 heavy (non-hydrogen) atoms. The van der Waals surface area contributed by atoms with Crippen LogP contribution in [0.2, 0.25) is 0 Å². The maximum atomic E-state index is 11.7. The van der Waals surface area contributed by atoms with Crippen LogP contribution in [-0.2, 0) is 11.3 Å². The number of methoxy groups -OCH3 is 1. The number of hydrogen-bond acceptors (Lipinski definition) is 8. The molecule has 2 rings (SSSR count).